The first-order chi connectivity index (χ1) is 9.33. The van der Waals surface area contributed by atoms with Crippen molar-refractivity contribution in [3.05, 3.63) is 0 Å². The lowest BCUT2D eigenvalue weighted by atomic mass is 10.1. The number of rotatable bonds is 13. The molecule has 0 aliphatic heterocycles. The number of hydrogen-bond donors (Lipinski definition) is 4. The Balaban J connectivity index is 0. The van der Waals surface area contributed by atoms with Gasteiger partial charge in [-0.25, -0.2) is 0 Å². The van der Waals surface area contributed by atoms with Gasteiger partial charge < -0.3 is 20.4 Å². The van der Waals surface area contributed by atoms with Crippen molar-refractivity contribution in [2.24, 2.45) is 0 Å². The summed E-state index contributed by atoms with van der Waals surface area (Å²) in [4.78, 5) is 0. The Morgan fingerprint density at radius 3 is 0.632 bits per heavy atom. The predicted octanol–water partition coefficient (Wildman–Crippen LogP) is 2.23. The molecule has 0 amide bonds. The fourth-order valence-corrected chi connectivity index (χ4v) is 1.68. The van der Waals surface area contributed by atoms with Gasteiger partial charge in [0.1, 0.15) is 0 Å². The third-order valence-electron chi connectivity index (χ3n) is 2.88. The average Bonchev–Trinajstić information content (AvgIpc) is 2.43. The number of aliphatic hydroxyl groups is 4. The lowest BCUT2D eigenvalue weighted by Gasteiger charge is -1.99. The summed E-state index contributed by atoms with van der Waals surface area (Å²) in [5.41, 5.74) is 0. The molecule has 118 valence electrons. The molecule has 0 radical (unpaired) electrons. The standard InChI is InChI=1S/C10H22O2.C5H12O2/c11-9-7-5-3-1-2-4-6-8-10-12;6-4-2-1-3-5-7/h11-12H,1-10H2;6-7H,1-5H2. The van der Waals surface area contributed by atoms with Crippen LogP contribution in [0.25, 0.3) is 0 Å². The summed E-state index contributed by atoms with van der Waals surface area (Å²) in [6.07, 6.45) is 11.9. The second kappa shape index (κ2) is 23.0. The van der Waals surface area contributed by atoms with Crippen molar-refractivity contribution in [1.29, 1.82) is 0 Å². The molecule has 0 aliphatic rings. The Bertz CT molecular complexity index is 117. The molecule has 0 aromatic rings. The average molecular weight is 278 g/mol. The van der Waals surface area contributed by atoms with Crippen LogP contribution in [0.15, 0.2) is 0 Å². The summed E-state index contributed by atoms with van der Waals surface area (Å²) < 4.78 is 0. The predicted molar refractivity (Wildman–Crippen MR) is 79.1 cm³/mol. The zero-order valence-corrected chi connectivity index (χ0v) is 12.4. The van der Waals surface area contributed by atoms with Gasteiger partial charge in [0.15, 0.2) is 0 Å². The number of hydrogen-bond acceptors (Lipinski definition) is 4. The first-order valence-corrected chi connectivity index (χ1v) is 7.76. The van der Waals surface area contributed by atoms with Crippen LogP contribution in [0, 0.1) is 0 Å². The molecule has 0 unspecified atom stereocenters. The molecule has 0 heterocycles. The first-order valence-electron chi connectivity index (χ1n) is 7.76. The first kappa shape index (κ1) is 21.1. The third kappa shape index (κ3) is 27.2. The maximum atomic E-state index is 8.51. The minimum absolute atomic E-state index is 0.250. The molecule has 0 aromatic carbocycles. The minimum Gasteiger partial charge on any atom is -0.396 e. The van der Waals surface area contributed by atoms with E-state index in [4.69, 9.17) is 20.4 Å². The van der Waals surface area contributed by atoms with Gasteiger partial charge in [-0.3, -0.25) is 0 Å². The van der Waals surface area contributed by atoms with Crippen LogP contribution in [0.3, 0.4) is 0 Å². The second-order valence-electron chi connectivity index (χ2n) is 4.78. The van der Waals surface area contributed by atoms with Gasteiger partial charge in [0.2, 0.25) is 0 Å². The smallest absolute Gasteiger partial charge is 0.0431 e. The highest BCUT2D eigenvalue weighted by molar-refractivity contribution is 4.45. The highest BCUT2D eigenvalue weighted by Gasteiger charge is 1.90. The number of unbranched alkanes of at least 4 members (excludes halogenated alkanes) is 9. The maximum absolute atomic E-state index is 8.51. The largest absolute Gasteiger partial charge is 0.396 e. The molecule has 19 heavy (non-hydrogen) atoms. The van der Waals surface area contributed by atoms with E-state index in [0.29, 0.717) is 13.2 Å². The van der Waals surface area contributed by atoms with E-state index >= 15 is 0 Å². The summed E-state index contributed by atoms with van der Waals surface area (Å²) in [5, 5.41) is 33.4. The van der Waals surface area contributed by atoms with E-state index < -0.39 is 0 Å². The van der Waals surface area contributed by atoms with E-state index in [1.165, 1.54) is 25.7 Å². The molecular weight excluding hydrogens is 244 g/mol. The van der Waals surface area contributed by atoms with Gasteiger partial charge in [0.05, 0.1) is 0 Å². The molecule has 0 aliphatic carbocycles. The Hall–Kier alpha value is -0.160. The van der Waals surface area contributed by atoms with E-state index in [0.717, 1.165) is 44.9 Å². The Kier molecular flexibility index (Phi) is 25.6. The summed E-state index contributed by atoms with van der Waals surface area (Å²) in [6, 6.07) is 0. The Labute approximate surface area is 118 Å². The van der Waals surface area contributed by atoms with Gasteiger partial charge in [0, 0.05) is 26.4 Å². The number of aliphatic hydroxyl groups excluding tert-OH is 4. The molecule has 0 aromatic heterocycles. The normalized spacial score (nSPS) is 10.1. The van der Waals surface area contributed by atoms with Crippen molar-refractivity contribution in [2.75, 3.05) is 26.4 Å². The molecule has 4 nitrogen and oxygen atoms in total. The van der Waals surface area contributed by atoms with Crippen LogP contribution in [-0.2, 0) is 0 Å². The molecule has 0 saturated carbocycles. The molecule has 0 rings (SSSR count). The van der Waals surface area contributed by atoms with Crippen molar-refractivity contribution < 1.29 is 20.4 Å². The molecule has 4 N–H and O–H groups in total. The highest BCUT2D eigenvalue weighted by atomic mass is 16.3. The van der Waals surface area contributed by atoms with Gasteiger partial charge >= 0.3 is 0 Å². The molecule has 0 saturated heterocycles. The van der Waals surface area contributed by atoms with Crippen LogP contribution in [0.1, 0.15) is 70.6 Å². The lowest BCUT2D eigenvalue weighted by molar-refractivity contribution is 0.257. The minimum atomic E-state index is 0.250. The summed E-state index contributed by atoms with van der Waals surface area (Å²) >= 11 is 0. The fourth-order valence-electron chi connectivity index (χ4n) is 1.68. The fraction of sp³-hybridized carbons (Fsp3) is 1.00. The topological polar surface area (TPSA) is 80.9 Å². The van der Waals surface area contributed by atoms with Crippen LogP contribution in [0.5, 0.6) is 0 Å². The molecule has 0 bridgehead atoms. The molecule has 0 spiro atoms. The van der Waals surface area contributed by atoms with E-state index in [2.05, 4.69) is 0 Å². The SMILES string of the molecule is OCCCCCCCCCCO.OCCCCCO. The Morgan fingerprint density at radius 1 is 0.263 bits per heavy atom. The molecule has 0 atom stereocenters. The molecular formula is C15H34O4. The second-order valence-corrected chi connectivity index (χ2v) is 4.78. The van der Waals surface area contributed by atoms with Crippen LogP contribution in [-0.4, -0.2) is 46.9 Å². The lowest BCUT2D eigenvalue weighted by Crippen LogP contribution is -1.85. The van der Waals surface area contributed by atoms with Crippen molar-refractivity contribution in [3.63, 3.8) is 0 Å². The summed E-state index contributed by atoms with van der Waals surface area (Å²) in [6.45, 7) is 1.18. The van der Waals surface area contributed by atoms with Crippen LogP contribution >= 0.6 is 0 Å². The van der Waals surface area contributed by atoms with Crippen LogP contribution < -0.4 is 0 Å². The third-order valence-corrected chi connectivity index (χ3v) is 2.88. The van der Waals surface area contributed by atoms with Crippen molar-refractivity contribution in [1.82, 2.24) is 0 Å². The molecule has 0 fully saturated rings. The van der Waals surface area contributed by atoms with Crippen molar-refractivity contribution in [2.45, 2.75) is 70.6 Å². The van der Waals surface area contributed by atoms with Gasteiger partial charge in [-0.2, -0.15) is 0 Å². The Morgan fingerprint density at radius 2 is 0.421 bits per heavy atom. The van der Waals surface area contributed by atoms with E-state index in [9.17, 15) is 0 Å². The van der Waals surface area contributed by atoms with Gasteiger partial charge in [-0.15, -0.1) is 0 Å². The quantitative estimate of drug-likeness (QED) is 0.389. The van der Waals surface area contributed by atoms with Gasteiger partial charge in [-0.05, 0) is 32.1 Å². The van der Waals surface area contributed by atoms with Crippen molar-refractivity contribution >= 4 is 0 Å². The van der Waals surface area contributed by atoms with Gasteiger partial charge in [-0.1, -0.05) is 38.5 Å². The van der Waals surface area contributed by atoms with Crippen LogP contribution in [0.4, 0.5) is 0 Å². The summed E-state index contributed by atoms with van der Waals surface area (Å²) in [7, 11) is 0. The molecule has 4 heteroatoms. The van der Waals surface area contributed by atoms with E-state index in [-0.39, 0.29) is 13.2 Å². The van der Waals surface area contributed by atoms with Crippen LogP contribution in [0.2, 0.25) is 0 Å². The van der Waals surface area contributed by atoms with E-state index in [1.807, 2.05) is 0 Å². The monoisotopic (exact) mass is 278 g/mol. The highest BCUT2D eigenvalue weighted by Crippen LogP contribution is 2.07. The maximum Gasteiger partial charge on any atom is 0.0431 e. The zero-order valence-electron chi connectivity index (χ0n) is 12.4. The zero-order chi connectivity index (χ0) is 14.6. The van der Waals surface area contributed by atoms with Gasteiger partial charge in [0.25, 0.3) is 0 Å². The van der Waals surface area contributed by atoms with Crippen molar-refractivity contribution in [3.8, 4) is 0 Å². The van der Waals surface area contributed by atoms with E-state index in [1.54, 1.807) is 0 Å². The summed E-state index contributed by atoms with van der Waals surface area (Å²) in [5.74, 6) is 0.